The molecule has 0 aliphatic carbocycles. The van der Waals surface area contributed by atoms with Gasteiger partial charge in [-0.05, 0) is 42.0 Å². The lowest BCUT2D eigenvalue weighted by molar-refractivity contribution is 1.11. The van der Waals surface area contributed by atoms with Crippen LogP contribution >= 0.6 is 0 Å². The normalized spacial score (nSPS) is 11.3. The highest BCUT2D eigenvalue weighted by Gasteiger charge is 2.15. The molecule has 0 amide bonds. The van der Waals surface area contributed by atoms with Gasteiger partial charge in [-0.2, -0.15) is 5.10 Å². The molecule has 6 heterocycles. The Morgan fingerprint density at radius 3 is 2.23 bits per heavy atom. The van der Waals surface area contributed by atoms with Crippen molar-refractivity contribution in [2.24, 2.45) is 0 Å². The van der Waals surface area contributed by atoms with E-state index in [0.29, 0.717) is 0 Å². The Balaban J connectivity index is 1.52. The third-order valence-corrected chi connectivity index (χ3v) is 5.22. The van der Waals surface area contributed by atoms with Crippen LogP contribution in [0.25, 0.3) is 55.6 Å². The maximum absolute atomic E-state index is 4.56. The Labute approximate surface area is 170 Å². The molecule has 0 aromatic carbocycles. The largest absolute Gasteiger partial charge is 0.352 e. The highest BCUT2D eigenvalue weighted by atomic mass is 15.1. The summed E-state index contributed by atoms with van der Waals surface area (Å²) in [6, 6.07) is 12.0. The second-order valence-corrected chi connectivity index (χ2v) is 6.99. The Kier molecular flexibility index (Phi) is 3.64. The highest BCUT2D eigenvalue weighted by Crippen LogP contribution is 2.34. The monoisotopic (exact) mass is 389 g/mol. The lowest BCUT2D eigenvalue weighted by atomic mass is 10.1. The van der Waals surface area contributed by atoms with Crippen molar-refractivity contribution >= 4 is 21.8 Å². The van der Waals surface area contributed by atoms with Crippen molar-refractivity contribution < 1.29 is 0 Å². The first-order valence-corrected chi connectivity index (χ1v) is 9.49. The predicted molar refractivity (Wildman–Crippen MR) is 115 cm³/mol. The van der Waals surface area contributed by atoms with Gasteiger partial charge < -0.3 is 4.98 Å². The van der Waals surface area contributed by atoms with Crippen molar-refractivity contribution in [2.45, 2.75) is 0 Å². The standard InChI is InChI=1S/C23H15N7/c1-5-24-6-2-14(1)18-11-26-12-21-16(18)9-20(28-21)23-17-10-19(15-3-7-25-8-4-15)27-13-22(17)29-30-23/h1-13,28H,(H,29,30). The first kappa shape index (κ1) is 16.6. The number of pyridine rings is 4. The minimum Gasteiger partial charge on any atom is -0.352 e. The van der Waals surface area contributed by atoms with E-state index < -0.39 is 0 Å². The van der Waals surface area contributed by atoms with Crippen molar-refractivity contribution in [3.8, 4) is 33.8 Å². The second-order valence-electron chi connectivity index (χ2n) is 6.99. The quantitative estimate of drug-likeness (QED) is 0.460. The van der Waals surface area contributed by atoms with Crippen LogP contribution in [0, 0.1) is 0 Å². The number of nitrogens with zero attached hydrogens (tertiary/aromatic N) is 5. The molecule has 6 rings (SSSR count). The molecule has 6 aromatic rings. The average molecular weight is 389 g/mol. The maximum Gasteiger partial charge on any atom is 0.116 e. The summed E-state index contributed by atoms with van der Waals surface area (Å²) >= 11 is 0. The zero-order valence-electron chi connectivity index (χ0n) is 15.7. The number of rotatable bonds is 3. The van der Waals surface area contributed by atoms with Gasteiger partial charge in [-0.25, -0.2) is 0 Å². The van der Waals surface area contributed by atoms with E-state index in [1.165, 1.54) is 0 Å². The van der Waals surface area contributed by atoms with Crippen molar-refractivity contribution in [1.82, 2.24) is 35.1 Å². The first-order chi connectivity index (χ1) is 14.9. The van der Waals surface area contributed by atoms with Crippen molar-refractivity contribution in [3.05, 3.63) is 79.8 Å². The molecule has 0 radical (unpaired) electrons. The molecule has 0 unspecified atom stereocenters. The maximum atomic E-state index is 4.56. The third-order valence-electron chi connectivity index (χ3n) is 5.22. The average Bonchev–Trinajstić information content (AvgIpc) is 3.43. The SMILES string of the molecule is c1cc(-c2cc3c(-c4cc5c(-c6ccncc6)cncc5[nH]4)n[nH]c3cn2)ccn1. The van der Waals surface area contributed by atoms with E-state index in [-0.39, 0.29) is 0 Å². The molecule has 0 saturated carbocycles. The zero-order chi connectivity index (χ0) is 19.9. The highest BCUT2D eigenvalue weighted by molar-refractivity contribution is 6.00. The Bertz CT molecular complexity index is 1480. The lowest BCUT2D eigenvalue weighted by Crippen LogP contribution is -1.84. The molecule has 0 spiro atoms. The summed E-state index contributed by atoms with van der Waals surface area (Å²) < 4.78 is 0. The third kappa shape index (κ3) is 2.64. The Morgan fingerprint density at radius 1 is 0.667 bits per heavy atom. The molecular weight excluding hydrogens is 374 g/mol. The number of hydrogen-bond acceptors (Lipinski definition) is 5. The van der Waals surface area contributed by atoms with Crippen molar-refractivity contribution in [2.75, 3.05) is 0 Å². The summed E-state index contributed by atoms with van der Waals surface area (Å²) in [6.07, 6.45) is 12.6. The van der Waals surface area contributed by atoms with Crippen LogP contribution in [0.1, 0.15) is 0 Å². The van der Waals surface area contributed by atoms with E-state index in [0.717, 1.165) is 55.6 Å². The number of nitrogens with one attached hydrogen (secondary N) is 2. The van der Waals surface area contributed by atoms with E-state index in [4.69, 9.17) is 0 Å². The van der Waals surface area contributed by atoms with Crippen molar-refractivity contribution in [1.29, 1.82) is 0 Å². The summed E-state index contributed by atoms with van der Waals surface area (Å²) in [5, 5.41) is 9.74. The van der Waals surface area contributed by atoms with Gasteiger partial charge in [0.1, 0.15) is 5.69 Å². The van der Waals surface area contributed by atoms with E-state index >= 15 is 0 Å². The predicted octanol–water partition coefficient (Wildman–Crippen LogP) is 4.63. The van der Waals surface area contributed by atoms with Crippen LogP contribution in [0.4, 0.5) is 0 Å². The van der Waals surface area contributed by atoms with Crippen LogP contribution in [-0.2, 0) is 0 Å². The fourth-order valence-electron chi connectivity index (χ4n) is 3.74. The summed E-state index contributed by atoms with van der Waals surface area (Å²) in [5.74, 6) is 0. The fourth-order valence-corrected chi connectivity index (χ4v) is 3.74. The number of aromatic nitrogens is 7. The van der Waals surface area contributed by atoms with E-state index in [9.17, 15) is 0 Å². The van der Waals surface area contributed by atoms with Gasteiger partial charge in [0.25, 0.3) is 0 Å². The number of fused-ring (bicyclic) bond motifs is 2. The van der Waals surface area contributed by atoms with Gasteiger partial charge in [0, 0.05) is 52.9 Å². The molecule has 0 aliphatic heterocycles. The van der Waals surface area contributed by atoms with Crippen LogP contribution in [0.15, 0.2) is 79.8 Å². The Morgan fingerprint density at radius 2 is 1.43 bits per heavy atom. The van der Waals surface area contributed by atoms with Gasteiger partial charge in [0.05, 0.1) is 34.8 Å². The van der Waals surface area contributed by atoms with Gasteiger partial charge in [0.2, 0.25) is 0 Å². The molecule has 7 nitrogen and oxygen atoms in total. The van der Waals surface area contributed by atoms with Crippen LogP contribution < -0.4 is 0 Å². The van der Waals surface area contributed by atoms with E-state index in [1.54, 1.807) is 24.8 Å². The minimum atomic E-state index is 0.847. The van der Waals surface area contributed by atoms with Gasteiger partial charge in [-0.3, -0.25) is 25.0 Å². The molecule has 6 aromatic heterocycles. The van der Waals surface area contributed by atoms with Gasteiger partial charge >= 0.3 is 0 Å². The summed E-state index contributed by atoms with van der Waals surface area (Å²) in [5.41, 5.74) is 7.63. The molecule has 0 saturated heterocycles. The van der Waals surface area contributed by atoms with Crippen molar-refractivity contribution in [3.63, 3.8) is 0 Å². The lowest BCUT2D eigenvalue weighted by Gasteiger charge is -2.01. The smallest absolute Gasteiger partial charge is 0.116 e. The second kappa shape index (κ2) is 6.59. The molecule has 2 N–H and O–H groups in total. The number of H-pyrrole nitrogens is 2. The molecule has 0 bridgehead atoms. The van der Waals surface area contributed by atoms with Crippen LogP contribution in [-0.4, -0.2) is 35.1 Å². The van der Waals surface area contributed by atoms with Crippen LogP contribution in [0.2, 0.25) is 0 Å². The van der Waals surface area contributed by atoms with Gasteiger partial charge in [0.15, 0.2) is 0 Å². The van der Waals surface area contributed by atoms with Gasteiger partial charge in [-0.15, -0.1) is 0 Å². The van der Waals surface area contributed by atoms with Crippen LogP contribution in [0.5, 0.6) is 0 Å². The number of aromatic amines is 2. The molecule has 0 fully saturated rings. The number of hydrogen-bond donors (Lipinski definition) is 2. The zero-order valence-corrected chi connectivity index (χ0v) is 15.7. The van der Waals surface area contributed by atoms with E-state index in [1.807, 2.05) is 42.9 Å². The molecule has 0 atom stereocenters. The minimum absolute atomic E-state index is 0.847. The topological polar surface area (TPSA) is 96.0 Å². The summed E-state index contributed by atoms with van der Waals surface area (Å²) in [4.78, 5) is 20.6. The molecular formula is C23H15N7. The molecule has 142 valence electrons. The molecule has 30 heavy (non-hydrogen) atoms. The summed E-state index contributed by atoms with van der Waals surface area (Å²) in [7, 11) is 0. The summed E-state index contributed by atoms with van der Waals surface area (Å²) in [6.45, 7) is 0. The first-order valence-electron chi connectivity index (χ1n) is 9.49. The van der Waals surface area contributed by atoms with Crippen LogP contribution in [0.3, 0.4) is 0 Å². The van der Waals surface area contributed by atoms with Gasteiger partial charge in [-0.1, -0.05) is 0 Å². The Hall–Kier alpha value is -4.39. The molecule has 7 heteroatoms. The molecule has 0 aliphatic rings. The van der Waals surface area contributed by atoms with E-state index in [2.05, 4.69) is 47.2 Å². The fraction of sp³-hybridized carbons (Fsp3) is 0.